The molecule has 2 heterocycles. The molecule has 0 saturated heterocycles. The molecular formula is C14H12IN2O4+. The van der Waals surface area contributed by atoms with Crippen molar-refractivity contribution in [2.24, 2.45) is 0 Å². The lowest BCUT2D eigenvalue weighted by Crippen LogP contribution is -2.42. The number of amides is 1. The van der Waals surface area contributed by atoms with E-state index in [0.717, 1.165) is 10.3 Å². The molecule has 21 heavy (non-hydrogen) atoms. The summed E-state index contributed by atoms with van der Waals surface area (Å²) in [7, 11) is 0. The van der Waals surface area contributed by atoms with Crippen LogP contribution in [0, 0.1) is 3.57 Å². The average molecular weight is 399 g/mol. The Morgan fingerprint density at radius 3 is 2.95 bits per heavy atom. The van der Waals surface area contributed by atoms with Gasteiger partial charge in [-0.1, -0.05) is 6.07 Å². The zero-order chi connectivity index (χ0) is 14.8. The topological polar surface area (TPSA) is 71.7 Å². The van der Waals surface area contributed by atoms with E-state index in [0.29, 0.717) is 21.6 Å². The molecule has 0 saturated carbocycles. The molecule has 1 aromatic carbocycles. The van der Waals surface area contributed by atoms with Crippen molar-refractivity contribution in [2.75, 3.05) is 6.79 Å². The lowest BCUT2D eigenvalue weighted by molar-refractivity contribution is -0.906. The van der Waals surface area contributed by atoms with Crippen molar-refractivity contribution >= 4 is 28.5 Å². The van der Waals surface area contributed by atoms with E-state index in [4.69, 9.17) is 9.47 Å². The smallest absolute Gasteiger partial charge is 0.334 e. The van der Waals surface area contributed by atoms with Crippen molar-refractivity contribution in [3.63, 3.8) is 0 Å². The van der Waals surface area contributed by atoms with Crippen molar-refractivity contribution in [3.05, 3.63) is 51.4 Å². The number of hydrogen-bond acceptors (Lipinski definition) is 4. The fraction of sp³-hybridized carbons (Fsp3) is 0.143. The van der Waals surface area contributed by atoms with Crippen LogP contribution >= 0.6 is 22.6 Å². The van der Waals surface area contributed by atoms with E-state index >= 15 is 0 Å². The van der Waals surface area contributed by atoms with Crippen LogP contribution < -0.4 is 19.5 Å². The molecule has 0 bridgehead atoms. The number of rotatable bonds is 3. The monoisotopic (exact) mass is 399 g/mol. The number of aromatic nitrogens is 1. The summed E-state index contributed by atoms with van der Waals surface area (Å²) < 4.78 is 12.0. The lowest BCUT2D eigenvalue weighted by atomic mass is 10.2. The normalized spacial score (nSPS) is 12.2. The molecule has 108 valence electrons. The van der Waals surface area contributed by atoms with Crippen LogP contribution in [0.1, 0.15) is 16.1 Å². The Bertz CT molecular complexity index is 685. The highest BCUT2D eigenvalue weighted by atomic mass is 127. The minimum absolute atomic E-state index is 0.207. The second-order valence-electron chi connectivity index (χ2n) is 4.42. The van der Waals surface area contributed by atoms with Crippen LogP contribution in [0.25, 0.3) is 0 Å². The first-order valence-corrected chi connectivity index (χ1v) is 7.29. The Kier molecular flexibility index (Phi) is 3.82. The highest BCUT2D eigenvalue weighted by Crippen LogP contribution is 2.32. The molecule has 0 fully saturated rings. The van der Waals surface area contributed by atoms with Crippen molar-refractivity contribution in [2.45, 2.75) is 6.54 Å². The molecule has 1 aliphatic heterocycles. The quantitative estimate of drug-likeness (QED) is 0.466. The summed E-state index contributed by atoms with van der Waals surface area (Å²) in [5.74, 6) is 1.03. The number of carbonyl (C=O) groups excluding carboxylic acids is 1. The van der Waals surface area contributed by atoms with Gasteiger partial charge in [-0.3, -0.25) is 10.0 Å². The molecule has 6 nitrogen and oxygen atoms in total. The number of nitrogens with one attached hydrogen (secondary N) is 1. The van der Waals surface area contributed by atoms with Crippen LogP contribution in [0.3, 0.4) is 0 Å². The molecule has 2 aromatic rings. The average Bonchev–Trinajstić information content (AvgIpc) is 2.92. The van der Waals surface area contributed by atoms with Gasteiger partial charge in [-0.2, -0.15) is 0 Å². The number of pyridine rings is 1. The Labute approximate surface area is 134 Å². The van der Waals surface area contributed by atoms with Gasteiger partial charge in [0.1, 0.15) is 0 Å². The molecular weight excluding hydrogens is 387 g/mol. The second-order valence-corrected chi connectivity index (χ2v) is 5.58. The van der Waals surface area contributed by atoms with Gasteiger partial charge >= 0.3 is 11.6 Å². The Morgan fingerprint density at radius 1 is 1.33 bits per heavy atom. The summed E-state index contributed by atoms with van der Waals surface area (Å²) >= 11 is 2.00. The van der Waals surface area contributed by atoms with Crippen LogP contribution in [-0.2, 0) is 6.54 Å². The summed E-state index contributed by atoms with van der Waals surface area (Å²) in [5.41, 5.74) is 1.10. The maximum Gasteiger partial charge on any atom is 0.334 e. The molecule has 0 atom stereocenters. The zero-order valence-corrected chi connectivity index (χ0v) is 13.0. The number of hydrogen-bond donors (Lipinski definition) is 2. The largest absolute Gasteiger partial charge is 0.454 e. The van der Waals surface area contributed by atoms with E-state index in [1.54, 1.807) is 12.1 Å². The van der Waals surface area contributed by atoms with Gasteiger partial charge in [0.2, 0.25) is 13.0 Å². The highest BCUT2D eigenvalue weighted by molar-refractivity contribution is 14.1. The van der Waals surface area contributed by atoms with E-state index in [-0.39, 0.29) is 18.4 Å². The third-order valence-electron chi connectivity index (χ3n) is 3.03. The van der Waals surface area contributed by atoms with E-state index < -0.39 is 0 Å². The number of carbonyl (C=O) groups is 1. The number of benzene rings is 1. The van der Waals surface area contributed by atoms with E-state index in [2.05, 4.69) is 5.32 Å². The SMILES string of the molecule is O=C(NCc1ccc2c(c1)OCO2)c1c(I)ccc[n+]1O. The Hall–Kier alpha value is -2.03. The van der Waals surface area contributed by atoms with Crippen molar-refractivity contribution < 1.29 is 24.2 Å². The van der Waals surface area contributed by atoms with Crippen molar-refractivity contribution in [1.82, 2.24) is 5.32 Å². The second kappa shape index (κ2) is 5.76. The summed E-state index contributed by atoms with van der Waals surface area (Å²) in [5, 5.41) is 12.5. The number of nitrogens with zero attached hydrogens (tertiary/aromatic N) is 1. The van der Waals surface area contributed by atoms with Gasteiger partial charge in [0, 0.05) is 17.3 Å². The van der Waals surface area contributed by atoms with Gasteiger partial charge in [0.05, 0.1) is 3.57 Å². The third-order valence-corrected chi connectivity index (χ3v) is 3.90. The summed E-state index contributed by atoms with van der Waals surface area (Å²) in [6, 6.07) is 8.91. The van der Waals surface area contributed by atoms with E-state index in [1.165, 1.54) is 6.20 Å². The van der Waals surface area contributed by atoms with Crippen molar-refractivity contribution in [3.8, 4) is 11.5 Å². The van der Waals surface area contributed by atoms with Crippen molar-refractivity contribution in [1.29, 1.82) is 0 Å². The first-order chi connectivity index (χ1) is 10.1. The molecule has 2 N–H and O–H groups in total. The number of fused-ring (bicyclic) bond motifs is 1. The first kappa shape index (κ1) is 13.9. The molecule has 0 unspecified atom stereocenters. The van der Waals surface area contributed by atoms with Gasteiger partial charge in [0.15, 0.2) is 11.5 Å². The molecule has 0 aliphatic carbocycles. The minimum Gasteiger partial charge on any atom is -0.454 e. The third kappa shape index (κ3) is 2.87. The van der Waals surface area contributed by atoms with Crippen LogP contribution in [0.2, 0.25) is 0 Å². The maximum absolute atomic E-state index is 12.1. The molecule has 1 amide bonds. The predicted octanol–water partition coefficient (Wildman–Crippen LogP) is 1.47. The molecule has 3 rings (SSSR count). The standard InChI is InChI=1S/C14H11IN2O4/c15-10-2-1-5-17(19)13(10)14(18)16-7-9-3-4-11-12(6-9)21-8-20-11/h1-6H,7-8H2,(H-,16,18,19)/p+1. The van der Waals surface area contributed by atoms with Gasteiger partial charge in [0.25, 0.3) is 0 Å². The van der Waals surface area contributed by atoms with Gasteiger partial charge < -0.3 is 14.8 Å². The minimum atomic E-state index is -0.347. The summed E-state index contributed by atoms with van der Waals surface area (Å²) in [6.07, 6.45) is 1.41. The van der Waals surface area contributed by atoms with Gasteiger partial charge in [-0.15, -0.1) is 0 Å². The molecule has 1 aromatic heterocycles. The molecule has 7 heteroatoms. The molecule has 0 radical (unpaired) electrons. The first-order valence-electron chi connectivity index (χ1n) is 6.21. The summed E-state index contributed by atoms with van der Waals surface area (Å²) in [6.45, 7) is 0.554. The Morgan fingerprint density at radius 2 is 2.14 bits per heavy atom. The molecule has 1 aliphatic rings. The van der Waals surface area contributed by atoms with Crippen LogP contribution in [-0.4, -0.2) is 17.9 Å². The Balaban J connectivity index is 1.71. The fourth-order valence-electron chi connectivity index (χ4n) is 2.00. The maximum atomic E-state index is 12.1. The predicted molar refractivity (Wildman–Crippen MR) is 80.3 cm³/mol. The molecule has 0 spiro atoms. The zero-order valence-electron chi connectivity index (χ0n) is 10.9. The van der Waals surface area contributed by atoms with Gasteiger partial charge in [-0.05, 0) is 46.4 Å². The van der Waals surface area contributed by atoms with E-state index in [1.807, 2.05) is 40.8 Å². The summed E-state index contributed by atoms with van der Waals surface area (Å²) in [4.78, 5) is 12.1. The van der Waals surface area contributed by atoms with Gasteiger partial charge in [-0.25, -0.2) is 0 Å². The lowest BCUT2D eigenvalue weighted by Gasteiger charge is -2.05. The highest BCUT2D eigenvalue weighted by Gasteiger charge is 2.23. The van der Waals surface area contributed by atoms with Crippen LogP contribution in [0.15, 0.2) is 36.5 Å². The van der Waals surface area contributed by atoms with E-state index in [9.17, 15) is 10.0 Å². The number of ether oxygens (including phenoxy) is 2. The fourth-order valence-corrected chi connectivity index (χ4v) is 2.70. The van der Waals surface area contributed by atoms with Crippen LogP contribution in [0.4, 0.5) is 0 Å². The van der Waals surface area contributed by atoms with Crippen LogP contribution in [0.5, 0.6) is 11.5 Å². The number of halogens is 1.